The molecule has 0 radical (unpaired) electrons. The van der Waals surface area contributed by atoms with Crippen LogP contribution in [-0.4, -0.2) is 5.12 Å². The van der Waals surface area contributed by atoms with Gasteiger partial charge in [-0.15, -0.1) is 0 Å². The van der Waals surface area contributed by atoms with Gasteiger partial charge in [0.05, 0.1) is 11.3 Å². The molecule has 0 aliphatic carbocycles. The molecule has 0 fully saturated rings. The van der Waals surface area contributed by atoms with Gasteiger partial charge in [-0.3, -0.25) is 11.1 Å². The Morgan fingerprint density at radius 3 is 2.52 bits per heavy atom. The van der Waals surface area contributed by atoms with Crippen LogP contribution in [0.15, 0.2) is 53.4 Å². The van der Waals surface area contributed by atoms with E-state index in [1.807, 2.05) is 37.3 Å². The predicted molar refractivity (Wildman–Crippen MR) is 85.8 cm³/mol. The number of nitrogens with one attached hydrogen (secondary N) is 2. The Bertz CT molecular complexity index is 705. The summed E-state index contributed by atoms with van der Waals surface area (Å²) < 4.78 is 38.4. The van der Waals surface area contributed by atoms with Gasteiger partial charge in [-0.1, -0.05) is 42.1 Å². The Balaban J connectivity index is 1.77. The van der Waals surface area contributed by atoms with Crippen LogP contribution in [0, 0.1) is 0 Å². The maximum atomic E-state index is 12.8. The lowest BCUT2D eigenvalue weighted by Gasteiger charge is -2.29. The van der Waals surface area contributed by atoms with Gasteiger partial charge in [0.1, 0.15) is 0 Å². The molecule has 1 aliphatic heterocycles. The molecule has 23 heavy (non-hydrogen) atoms. The number of benzene rings is 2. The number of anilines is 1. The number of thioether (sulfide) groups is 1. The second-order valence-corrected chi connectivity index (χ2v) is 6.74. The molecule has 3 nitrogen and oxygen atoms in total. The van der Waals surface area contributed by atoms with Gasteiger partial charge in [0, 0.05) is 10.9 Å². The second kappa shape index (κ2) is 5.74. The van der Waals surface area contributed by atoms with Gasteiger partial charge in [0.25, 0.3) is 0 Å². The fraction of sp³-hybridized carbons (Fsp3) is 0.250. The molecule has 4 N–H and O–H groups in total. The van der Waals surface area contributed by atoms with Gasteiger partial charge in [-0.2, -0.15) is 13.2 Å². The third-order valence-corrected chi connectivity index (χ3v) is 4.73. The fourth-order valence-electron chi connectivity index (χ4n) is 2.50. The Morgan fingerprint density at radius 2 is 1.87 bits per heavy atom. The SMILES string of the molecule is CC(NC1(N)Nc2ccc(C(F)(F)F)cc2S1)c1ccccc1. The van der Waals surface area contributed by atoms with Crippen molar-refractivity contribution in [1.82, 2.24) is 5.32 Å². The van der Waals surface area contributed by atoms with E-state index in [4.69, 9.17) is 5.73 Å². The zero-order valence-corrected chi connectivity index (χ0v) is 13.1. The quantitative estimate of drug-likeness (QED) is 0.736. The van der Waals surface area contributed by atoms with Crippen molar-refractivity contribution >= 4 is 17.4 Å². The summed E-state index contributed by atoms with van der Waals surface area (Å²) in [6, 6.07) is 13.2. The van der Waals surface area contributed by atoms with Gasteiger partial charge in [0.2, 0.25) is 0 Å². The van der Waals surface area contributed by atoms with E-state index in [1.165, 1.54) is 6.07 Å². The average molecular weight is 339 g/mol. The summed E-state index contributed by atoms with van der Waals surface area (Å²) in [5, 5.41) is 5.22. The summed E-state index contributed by atoms with van der Waals surface area (Å²) in [6.45, 7) is 1.95. The van der Waals surface area contributed by atoms with Crippen LogP contribution in [0.2, 0.25) is 0 Å². The summed E-state index contributed by atoms with van der Waals surface area (Å²) in [5.74, 6) is 0. The highest BCUT2D eigenvalue weighted by Gasteiger charge is 2.38. The molecule has 0 saturated heterocycles. The van der Waals surface area contributed by atoms with Crippen molar-refractivity contribution in [3.63, 3.8) is 0 Å². The highest BCUT2D eigenvalue weighted by molar-refractivity contribution is 8.01. The smallest absolute Gasteiger partial charge is 0.345 e. The van der Waals surface area contributed by atoms with Crippen LogP contribution in [-0.2, 0) is 6.18 Å². The van der Waals surface area contributed by atoms with E-state index in [0.717, 1.165) is 29.5 Å². The number of alkyl halides is 3. The maximum Gasteiger partial charge on any atom is 0.416 e. The van der Waals surface area contributed by atoms with E-state index in [2.05, 4.69) is 10.6 Å². The van der Waals surface area contributed by atoms with E-state index >= 15 is 0 Å². The molecule has 2 aromatic rings. The molecule has 3 rings (SSSR count). The largest absolute Gasteiger partial charge is 0.416 e. The molecule has 2 atom stereocenters. The molecule has 1 aliphatic rings. The van der Waals surface area contributed by atoms with E-state index < -0.39 is 16.9 Å². The third kappa shape index (κ3) is 3.46. The van der Waals surface area contributed by atoms with Crippen molar-refractivity contribution in [2.24, 2.45) is 5.73 Å². The van der Waals surface area contributed by atoms with Crippen molar-refractivity contribution in [2.45, 2.75) is 29.2 Å². The van der Waals surface area contributed by atoms with Gasteiger partial charge in [-0.05, 0) is 30.7 Å². The van der Waals surface area contributed by atoms with Crippen molar-refractivity contribution in [2.75, 3.05) is 5.32 Å². The zero-order chi connectivity index (χ0) is 16.7. The average Bonchev–Trinajstić information content (AvgIpc) is 2.82. The van der Waals surface area contributed by atoms with Gasteiger partial charge >= 0.3 is 6.18 Å². The predicted octanol–water partition coefficient (Wildman–Crippen LogP) is 4.14. The van der Waals surface area contributed by atoms with Crippen molar-refractivity contribution < 1.29 is 13.2 Å². The van der Waals surface area contributed by atoms with E-state index in [9.17, 15) is 13.2 Å². The van der Waals surface area contributed by atoms with Crippen LogP contribution in [0.3, 0.4) is 0 Å². The lowest BCUT2D eigenvalue weighted by Crippen LogP contribution is -2.55. The Labute approximate surface area is 136 Å². The van der Waals surface area contributed by atoms with Crippen LogP contribution < -0.4 is 16.4 Å². The van der Waals surface area contributed by atoms with Crippen molar-refractivity contribution in [1.29, 1.82) is 0 Å². The van der Waals surface area contributed by atoms with Crippen LogP contribution in [0.5, 0.6) is 0 Å². The van der Waals surface area contributed by atoms with Crippen LogP contribution in [0.4, 0.5) is 18.9 Å². The Kier molecular flexibility index (Phi) is 4.03. The summed E-state index contributed by atoms with van der Waals surface area (Å²) in [4.78, 5) is 0.482. The van der Waals surface area contributed by atoms with Crippen molar-refractivity contribution in [3.8, 4) is 0 Å². The molecule has 0 bridgehead atoms. The summed E-state index contributed by atoms with van der Waals surface area (Å²) in [5.41, 5.74) is 7.23. The fourth-order valence-corrected chi connectivity index (χ4v) is 3.66. The number of hydrogen-bond donors (Lipinski definition) is 3. The first-order valence-corrected chi connectivity index (χ1v) is 7.88. The molecular formula is C16H16F3N3S. The standard InChI is InChI=1S/C16H16F3N3S/c1-10(11-5-3-2-4-6-11)21-16(20)22-13-8-7-12(15(17,18)19)9-14(13)23-16/h2-10,21-22H,20H2,1H3. The highest BCUT2D eigenvalue weighted by atomic mass is 32.2. The summed E-state index contributed by atoms with van der Waals surface area (Å²) in [7, 11) is 0. The lowest BCUT2D eigenvalue weighted by molar-refractivity contribution is -0.137. The first-order chi connectivity index (χ1) is 10.8. The van der Waals surface area contributed by atoms with Crippen LogP contribution >= 0.6 is 11.8 Å². The van der Waals surface area contributed by atoms with Crippen LogP contribution in [0.1, 0.15) is 24.1 Å². The second-order valence-electron chi connectivity index (χ2n) is 5.45. The third-order valence-electron chi connectivity index (χ3n) is 3.63. The molecular weight excluding hydrogens is 323 g/mol. The Morgan fingerprint density at radius 1 is 1.17 bits per heavy atom. The molecule has 0 aromatic heterocycles. The molecule has 1 heterocycles. The molecule has 7 heteroatoms. The topological polar surface area (TPSA) is 50.1 Å². The maximum absolute atomic E-state index is 12.8. The van der Waals surface area contributed by atoms with E-state index in [1.54, 1.807) is 0 Å². The summed E-state index contributed by atoms with van der Waals surface area (Å²) >= 11 is 1.15. The van der Waals surface area contributed by atoms with Crippen molar-refractivity contribution in [3.05, 3.63) is 59.7 Å². The molecule has 0 saturated carbocycles. The minimum atomic E-state index is -4.36. The van der Waals surface area contributed by atoms with E-state index in [0.29, 0.717) is 10.6 Å². The molecule has 0 spiro atoms. The lowest BCUT2D eigenvalue weighted by atomic mass is 10.1. The van der Waals surface area contributed by atoms with Crippen LogP contribution in [0.25, 0.3) is 0 Å². The first kappa shape index (κ1) is 16.2. The number of halogens is 3. The van der Waals surface area contributed by atoms with Gasteiger partial charge in [0.15, 0.2) is 5.12 Å². The molecule has 2 unspecified atom stereocenters. The monoisotopic (exact) mass is 339 g/mol. The van der Waals surface area contributed by atoms with Gasteiger partial charge in [-0.25, -0.2) is 0 Å². The number of hydrogen-bond acceptors (Lipinski definition) is 4. The number of rotatable bonds is 3. The molecule has 0 amide bonds. The summed E-state index contributed by atoms with van der Waals surface area (Å²) in [6.07, 6.45) is -4.36. The van der Waals surface area contributed by atoms with E-state index in [-0.39, 0.29) is 6.04 Å². The zero-order valence-electron chi connectivity index (χ0n) is 12.3. The number of nitrogens with two attached hydrogens (primary N) is 1. The molecule has 2 aromatic carbocycles. The Hall–Kier alpha value is -1.70. The first-order valence-electron chi connectivity index (χ1n) is 7.07. The normalized spacial score (nSPS) is 21.6. The number of fused-ring (bicyclic) bond motifs is 1. The van der Waals surface area contributed by atoms with Gasteiger partial charge < -0.3 is 5.32 Å². The minimum Gasteiger partial charge on any atom is -0.345 e. The molecule has 122 valence electrons. The highest BCUT2D eigenvalue weighted by Crippen LogP contribution is 2.44. The minimum absolute atomic E-state index is 0.0578.